The van der Waals surface area contributed by atoms with Gasteiger partial charge in [-0.1, -0.05) is 54.6 Å². The van der Waals surface area contributed by atoms with Gasteiger partial charge in [0.25, 0.3) is 0 Å². The van der Waals surface area contributed by atoms with Gasteiger partial charge in [-0.05, 0) is 63.0 Å². The van der Waals surface area contributed by atoms with Crippen molar-refractivity contribution < 1.29 is 0 Å². The second-order valence-electron chi connectivity index (χ2n) is 9.62. The summed E-state index contributed by atoms with van der Waals surface area (Å²) in [6, 6.07) is 9.40. The van der Waals surface area contributed by atoms with Crippen LogP contribution in [0.25, 0.3) is 11.8 Å². The van der Waals surface area contributed by atoms with E-state index in [9.17, 15) is 0 Å². The van der Waals surface area contributed by atoms with Crippen molar-refractivity contribution >= 4 is 18.5 Å². The first-order chi connectivity index (χ1) is 17.3. The van der Waals surface area contributed by atoms with Gasteiger partial charge < -0.3 is 20.9 Å². The van der Waals surface area contributed by atoms with Crippen LogP contribution in [0.5, 0.6) is 0 Å². The highest BCUT2D eigenvalue weighted by atomic mass is 15.0. The molecule has 2 aromatic rings. The third kappa shape index (κ3) is 6.08. The van der Waals surface area contributed by atoms with Crippen LogP contribution in [-0.2, 0) is 0 Å². The van der Waals surface area contributed by atoms with Crippen LogP contribution < -0.4 is 16.0 Å². The van der Waals surface area contributed by atoms with Gasteiger partial charge in [-0.25, -0.2) is 4.98 Å². The summed E-state index contributed by atoms with van der Waals surface area (Å²) in [5.74, 6) is 1.44. The van der Waals surface area contributed by atoms with Crippen molar-refractivity contribution in [1.82, 2.24) is 25.9 Å². The number of aliphatic imine (C=N–C) groups is 1. The van der Waals surface area contributed by atoms with Crippen molar-refractivity contribution in [3.8, 4) is 0 Å². The van der Waals surface area contributed by atoms with E-state index in [1.807, 2.05) is 12.4 Å². The molecule has 6 nitrogen and oxygen atoms in total. The summed E-state index contributed by atoms with van der Waals surface area (Å²) in [6.07, 6.45) is 21.0. The lowest BCUT2D eigenvalue weighted by atomic mass is 9.94. The normalized spacial score (nSPS) is 24.7. The molecule has 3 atom stereocenters. The molecule has 5 rings (SSSR count). The molecule has 0 spiro atoms. The zero-order valence-corrected chi connectivity index (χ0v) is 20.3. The predicted octanol–water partition coefficient (Wildman–Crippen LogP) is 4.86. The fourth-order valence-corrected chi connectivity index (χ4v) is 5.03. The predicted molar refractivity (Wildman–Crippen MR) is 145 cm³/mol. The van der Waals surface area contributed by atoms with Crippen molar-refractivity contribution in [1.29, 1.82) is 0 Å². The van der Waals surface area contributed by atoms with Crippen LogP contribution in [0, 0.1) is 0 Å². The molecule has 2 saturated heterocycles. The number of hydrogen-bond donors (Lipinski definition) is 4. The summed E-state index contributed by atoms with van der Waals surface area (Å²) in [4.78, 5) is 12.4. The Morgan fingerprint density at radius 3 is 2.69 bits per heavy atom. The largest absolute Gasteiger partial charge is 0.388 e. The molecule has 3 aliphatic rings. The maximum absolute atomic E-state index is 4.62. The number of aromatic amines is 1. The summed E-state index contributed by atoms with van der Waals surface area (Å²) in [5.41, 5.74) is 5.54. The third-order valence-electron chi connectivity index (χ3n) is 7.14. The molecule has 0 amide bonds. The van der Waals surface area contributed by atoms with Crippen LogP contribution in [0.15, 0.2) is 71.5 Å². The average Bonchev–Trinajstić information content (AvgIpc) is 3.69. The Bertz CT molecular complexity index is 1110. The maximum atomic E-state index is 4.62. The first-order valence-corrected chi connectivity index (χ1v) is 12.9. The molecule has 35 heavy (non-hydrogen) atoms. The number of nitrogens with one attached hydrogen (secondary N) is 4. The Morgan fingerprint density at radius 1 is 1.11 bits per heavy atom. The smallest absolute Gasteiger partial charge is 0.123 e. The second kappa shape index (κ2) is 11.5. The number of rotatable bonds is 9. The van der Waals surface area contributed by atoms with Crippen LogP contribution in [0.4, 0.5) is 0 Å². The number of nitrogens with zero attached hydrogens (tertiary/aromatic N) is 2. The van der Waals surface area contributed by atoms with E-state index in [4.69, 9.17) is 0 Å². The number of H-pyrrole nitrogens is 1. The van der Waals surface area contributed by atoms with Crippen LogP contribution in [-0.4, -0.2) is 42.4 Å². The molecular weight excluding hydrogens is 432 g/mol. The zero-order valence-electron chi connectivity index (χ0n) is 20.3. The number of hydrogen-bond acceptors (Lipinski definition) is 5. The third-order valence-corrected chi connectivity index (χ3v) is 7.14. The van der Waals surface area contributed by atoms with Crippen molar-refractivity contribution in [2.24, 2.45) is 4.99 Å². The number of imidazole rings is 1. The van der Waals surface area contributed by atoms with E-state index in [0.717, 1.165) is 43.1 Å². The molecule has 6 heteroatoms. The summed E-state index contributed by atoms with van der Waals surface area (Å²) in [6.45, 7) is 6.87. The lowest BCUT2D eigenvalue weighted by Gasteiger charge is -2.13. The van der Waals surface area contributed by atoms with Gasteiger partial charge in [-0.15, -0.1) is 0 Å². The molecule has 182 valence electrons. The molecule has 1 aromatic carbocycles. The fourth-order valence-electron chi connectivity index (χ4n) is 5.03. The molecule has 2 aliphatic heterocycles. The summed E-state index contributed by atoms with van der Waals surface area (Å²) in [5, 5.41) is 10.4. The van der Waals surface area contributed by atoms with E-state index >= 15 is 0 Å². The molecule has 3 heterocycles. The molecule has 2 fully saturated rings. The Labute approximate surface area is 208 Å². The number of aromatic nitrogens is 2. The second-order valence-corrected chi connectivity index (χ2v) is 9.62. The van der Waals surface area contributed by atoms with Gasteiger partial charge in [0.1, 0.15) is 5.82 Å². The molecule has 1 aliphatic carbocycles. The van der Waals surface area contributed by atoms with Crippen LogP contribution in [0.3, 0.4) is 0 Å². The van der Waals surface area contributed by atoms with Crippen molar-refractivity contribution in [3.05, 3.63) is 89.2 Å². The first kappa shape index (κ1) is 23.5. The van der Waals surface area contributed by atoms with Crippen LogP contribution >= 0.6 is 0 Å². The summed E-state index contributed by atoms with van der Waals surface area (Å²) >= 11 is 0. The number of benzene rings is 1. The van der Waals surface area contributed by atoms with Gasteiger partial charge in [0.2, 0.25) is 0 Å². The van der Waals surface area contributed by atoms with E-state index in [0.29, 0.717) is 18.0 Å². The van der Waals surface area contributed by atoms with Gasteiger partial charge in [-0.3, -0.25) is 4.99 Å². The van der Waals surface area contributed by atoms with Crippen LogP contribution in [0.1, 0.15) is 66.7 Å². The Morgan fingerprint density at radius 2 is 1.97 bits per heavy atom. The van der Waals surface area contributed by atoms with E-state index < -0.39 is 0 Å². The topological polar surface area (TPSA) is 77.1 Å². The lowest BCUT2D eigenvalue weighted by molar-refractivity contribution is 0.580. The SMILES string of the molecule is C=N/C(=C\NCC1CCCN1)c1ccc(/C=C/C2=CCC(c3cnc(C4CCCN4)[nH]3)C=C2)cc1. The number of allylic oxidation sites excluding steroid dienone is 5. The monoisotopic (exact) mass is 468 g/mol. The highest BCUT2D eigenvalue weighted by Gasteiger charge is 2.21. The minimum atomic E-state index is 0.365. The zero-order chi connectivity index (χ0) is 23.9. The van der Waals surface area contributed by atoms with Gasteiger partial charge in [0, 0.05) is 42.2 Å². The minimum Gasteiger partial charge on any atom is -0.388 e. The van der Waals surface area contributed by atoms with Gasteiger partial charge in [0.05, 0.1) is 11.7 Å². The van der Waals surface area contributed by atoms with E-state index in [-0.39, 0.29) is 0 Å². The van der Waals surface area contributed by atoms with E-state index in [1.165, 1.54) is 42.5 Å². The standard InChI is InChI=1S/C29H36N6/c1-30-27(19-31-18-25-4-2-16-32-25)23-12-8-21(9-13-23)6-7-22-10-14-24(15-11-22)28-20-34-29(35-28)26-5-3-17-33-26/h6-14,19-20,24-26,31-33H,1-5,15-18H2,(H,34,35)/b7-6+,27-19-. The van der Waals surface area contributed by atoms with Gasteiger partial charge in [-0.2, -0.15) is 0 Å². The van der Waals surface area contributed by atoms with E-state index in [2.05, 4.69) is 92.3 Å². The molecule has 4 N–H and O–H groups in total. The molecule has 0 bridgehead atoms. The summed E-state index contributed by atoms with van der Waals surface area (Å²) in [7, 11) is 0. The summed E-state index contributed by atoms with van der Waals surface area (Å²) < 4.78 is 0. The van der Waals surface area contributed by atoms with Crippen molar-refractivity contribution in [2.45, 2.75) is 50.1 Å². The first-order valence-electron chi connectivity index (χ1n) is 12.9. The Kier molecular flexibility index (Phi) is 7.71. The molecule has 0 saturated carbocycles. The molecule has 3 unspecified atom stereocenters. The fraction of sp³-hybridized carbons (Fsp3) is 0.379. The van der Waals surface area contributed by atoms with E-state index in [1.54, 1.807) is 0 Å². The molecule has 0 radical (unpaired) electrons. The van der Waals surface area contributed by atoms with Gasteiger partial charge in [0.15, 0.2) is 0 Å². The molecular formula is C29H36N6. The highest BCUT2D eigenvalue weighted by molar-refractivity contribution is 5.69. The maximum Gasteiger partial charge on any atom is 0.123 e. The van der Waals surface area contributed by atoms with Crippen molar-refractivity contribution in [2.75, 3.05) is 19.6 Å². The quantitative estimate of drug-likeness (QED) is 0.397. The van der Waals surface area contributed by atoms with Crippen molar-refractivity contribution in [3.63, 3.8) is 0 Å². The van der Waals surface area contributed by atoms with Gasteiger partial charge >= 0.3 is 0 Å². The lowest BCUT2D eigenvalue weighted by Crippen LogP contribution is -2.31. The Hall–Kier alpha value is -3.22. The highest BCUT2D eigenvalue weighted by Crippen LogP contribution is 2.28. The Balaban J connectivity index is 1.14. The minimum absolute atomic E-state index is 0.365. The van der Waals surface area contributed by atoms with Crippen LogP contribution in [0.2, 0.25) is 0 Å². The molecule has 1 aromatic heterocycles. The average molecular weight is 469 g/mol.